The number of benzene rings is 7. The van der Waals surface area contributed by atoms with Gasteiger partial charge in [-0.25, -0.2) is 0 Å². The van der Waals surface area contributed by atoms with Crippen molar-refractivity contribution in [2.45, 2.75) is 0 Å². The summed E-state index contributed by atoms with van der Waals surface area (Å²) in [7, 11) is 0. The van der Waals surface area contributed by atoms with Gasteiger partial charge in [0.25, 0.3) is 0 Å². The quantitative estimate of drug-likeness (QED) is 0.172. The average molecular weight is 665 g/mol. The van der Waals surface area contributed by atoms with E-state index in [9.17, 15) is 0 Å². The van der Waals surface area contributed by atoms with E-state index in [0.29, 0.717) is 0 Å². The Morgan fingerprint density at radius 3 is 1.40 bits per heavy atom. The van der Waals surface area contributed by atoms with E-state index in [1.54, 1.807) is 0 Å². The van der Waals surface area contributed by atoms with Crippen LogP contribution in [-0.2, 0) is 0 Å². The van der Waals surface area contributed by atoms with E-state index < -0.39 is 0 Å². The molecular weight excluding hydrogens is 629 g/mol. The van der Waals surface area contributed by atoms with Crippen molar-refractivity contribution in [2.24, 2.45) is 0 Å². The van der Waals surface area contributed by atoms with Crippen LogP contribution in [0.15, 0.2) is 218 Å². The summed E-state index contributed by atoms with van der Waals surface area (Å²) < 4.78 is 2.37. The first-order chi connectivity index (χ1) is 25.8. The molecule has 1 heterocycles. The second-order valence-electron chi connectivity index (χ2n) is 13.0. The lowest BCUT2D eigenvalue weighted by Gasteiger charge is -2.26. The molecule has 8 aromatic carbocycles. The first-order valence-corrected chi connectivity index (χ1v) is 17.8. The maximum absolute atomic E-state index is 2.39. The summed E-state index contributed by atoms with van der Waals surface area (Å²) in [6.07, 6.45) is 0. The van der Waals surface area contributed by atoms with E-state index in [1.807, 2.05) is 0 Å². The molecule has 0 aliphatic rings. The number of hydrogen-bond donors (Lipinski definition) is 0. The van der Waals surface area contributed by atoms with Gasteiger partial charge in [-0.3, -0.25) is 0 Å². The van der Waals surface area contributed by atoms with Crippen molar-refractivity contribution in [3.8, 4) is 27.9 Å². The molecule has 0 unspecified atom stereocenters. The highest BCUT2D eigenvalue weighted by Gasteiger charge is 2.18. The minimum atomic E-state index is 1.09. The van der Waals surface area contributed by atoms with Crippen molar-refractivity contribution < 1.29 is 0 Å². The van der Waals surface area contributed by atoms with Crippen molar-refractivity contribution in [3.63, 3.8) is 0 Å². The summed E-state index contributed by atoms with van der Waals surface area (Å²) >= 11 is 0. The fourth-order valence-corrected chi connectivity index (χ4v) is 7.46. The van der Waals surface area contributed by atoms with Crippen LogP contribution in [0, 0.1) is 0 Å². The zero-order chi connectivity index (χ0) is 34.7. The van der Waals surface area contributed by atoms with E-state index in [2.05, 4.69) is 228 Å². The lowest BCUT2D eigenvalue weighted by Crippen LogP contribution is -2.09. The van der Waals surface area contributed by atoms with E-state index in [-0.39, 0.29) is 0 Å². The lowest BCUT2D eigenvalue weighted by molar-refractivity contribution is 1.18. The third kappa shape index (κ3) is 5.77. The minimum absolute atomic E-state index is 1.09. The number of fused-ring (bicyclic) bond motifs is 4. The van der Waals surface area contributed by atoms with Gasteiger partial charge in [-0.2, -0.15) is 0 Å². The van der Waals surface area contributed by atoms with Gasteiger partial charge in [-0.1, -0.05) is 158 Å². The molecule has 0 atom stereocenters. The van der Waals surface area contributed by atoms with Crippen molar-refractivity contribution in [1.29, 1.82) is 0 Å². The largest absolute Gasteiger partial charge is 0.310 e. The smallest absolute Gasteiger partial charge is 0.0542 e. The maximum atomic E-state index is 2.39. The molecule has 0 saturated heterocycles. The molecule has 0 aliphatic carbocycles. The number of aromatic nitrogens is 1. The molecule has 0 bridgehead atoms. The highest BCUT2D eigenvalue weighted by atomic mass is 15.1. The van der Waals surface area contributed by atoms with Crippen molar-refractivity contribution in [1.82, 2.24) is 4.57 Å². The highest BCUT2D eigenvalue weighted by Crippen LogP contribution is 2.42. The first-order valence-electron chi connectivity index (χ1n) is 17.8. The van der Waals surface area contributed by atoms with Gasteiger partial charge in [0.1, 0.15) is 0 Å². The van der Waals surface area contributed by atoms with Gasteiger partial charge in [0.05, 0.1) is 11.0 Å². The summed E-state index contributed by atoms with van der Waals surface area (Å²) in [4.78, 5) is 2.39. The molecule has 1 aromatic heterocycles. The number of hydrogen-bond acceptors (Lipinski definition) is 1. The van der Waals surface area contributed by atoms with Crippen LogP contribution in [0.2, 0.25) is 0 Å². The highest BCUT2D eigenvalue weighted by molar-refractivity contribution is 6.11. The number of nitrogens with zero attached hydrogens (tertiary/aromatic N) is 2. The van der Waals surface area contributed by atoms with Crippen LogP contribution in [0.1, 0.15) is 0 Å². The Balaban J connectivity index is 1.34. The first kappa shape index (κ1) is 31.1. The topological polar surface area (TPSA) is 8.17 Å². The molecule has 0 amide bonds. The molecule has 9 rings (SSSR count). The Labute approximate surface area is 304 Å². The fourth-order valence-electron chi connectivity index (χ4n) is 7.46. The Morgan fingerprint density at radius 1 is 0.288 bits per heavy atom. The van der Waals surface area contributed by atoms with E-state index in [0.717, 1.165) is 22.7 Å². The molecule has 0 radical (unpaired) electrons. The van der Waals surface area contributed by atoms with Crippen LogP contribution in [0.3, 0.4) is 0 Å². The van der Waals surface area contributed by atoms with Crippen molar-refractivity contribution in [3.05, 3.63) is 218 Å². The Hall–Kier alpha value is -6.90. The van der Waals surface area contributed by atoms with Crippen LogP contribution in [0.5, 0.6) is 0 Å². The van der Waals surface area contributed by atoms with Crippen LogP contribution in [-0.4, -0.2) is 4.57 Å². The van der Waals surface area contributed by atoms with Crippen LogP contribution < -0.4 is 4.90 Å². The van der Waals surface area contributed by atoms with Gasteiger partial charge in [0.2, 0.25) is 0 Å². The molecule has 52 heavy (non-hydrogen) atoms. The Kier molecular flexibility index (Phi) is 8.24. The second kappa shape index (κ2) is 13.8. The Bertz CT molecular complexity index is 2710. The zero-order valence-corrected chi connectivity index (χ0v) is 28.7. The monoisotopic (exact) mass is 664 g/mol. The summed E-state index contributed by atoms with van der Waals surface area (Å²) in [6.45, 7) is 0. The van der Waals surface area contributed by atoms with Gasteiger partial charge in [-0.05, 0) is 93.7 Å². The van der Waals surface area contributed by atoms with Gasteiger partial charge < -0.3 is 9.47 Å². The molecule has 0 saturated carbocycles. The number of para-hydroxylation sites is 3. The molecule has 0 spiro atoms. The normalized spacial score (nSPS) is 11.1. The van der Waals surface area contributed by atoms with E-state index in [4.69, 9.17) is 0 Å². The predicted octanol–water partition coefficient (Wildman–Crippen LogP) is 13.9. The van der Waals surface area contributed by atoms with Crippen LogP contribution in [0.4, 0.5) is 17.1 Å². The van der Waals surface area contributed by atoms with Crippen molar-refractivity contribution in [2.75, 3.05) is 4.90 Å². The molecular formula is C50H36N2. The molecule has 246 valence electrons. The van der Waals surface area contributed by atoms with Gasteiger partial charge >= 0.3 is 0 Å². The van der Waals surface area contributed by atoms with Crippen LogP contribution >= 0.6 is 0 Å². The second-order valence-corrected chi connectivity index (χ2v) is 13.0. The van der Waals surface area contributed by atoms with E-state index >= 15 is 0 Å². The van der Waals surface area contributed by atoms with Crippen LogP contribution in [0.25, 0.3) is 60.5 Å². The fraction of sp³-hybridized carbons (Fsp3) is 0. The number of anilines is 3. The summed E-state index contributed by atoms with van der Waals surface area (Å²) in [5.41, 5.74) is 11.5. The van der Waals surface area contributed by atoms with Gasteiger partial charge in [0.15, 0.2) is 0 Å². The summed E-state index contributed by atoms with van der Waals surface area (Å²) in [5, 5.41) is 4.79. The summed E-state index contributed by atoms with van der Waals surface area (Å²) in [6, 6.07) is 78.3. The predicted molar refractivity (Wildman–Crippen MR) is 221 cm³/mol. The molecule has 9 aromatic rings. The maximum Gasteiger partial charge on any atom is 0.0542 e. The summed E-state index contributed by atoms with van der Waals surface area (Å²) in [5.74, 6) is 0. The average Bonchev–Trinajstić information content (AvgIpc) is 3.55. The zero-order valence-electron chi connectivity index (χ0n) is 28.7. The standard InChI is InChI=1S/C50H36N2/c1-2-16-28-44(38-21-9-4-10-22-38)47-35-41(31-33-45(47)43(27-15-1)37-19-7-3-8-20-37)51(39-23-11-5-12-24-39)42-32-34-50-48(36-42)46-29-17-18-30-49(46)52(50)40-25-13-6-14-26-40/h1-36H. The molecule has 2 heteroatoms. The molecule has 0 aliphatic heterocycles. The van der Waals surface area contributed by atoms with Gasteiger partial charge in [-0.15, -0.1) is 0 Å². The van der Waals surface area contributed by atoms with Gasteiger partial charge in [0, 0.05) is 33.5 Å². The molecule has 0 N–H and O–H groups in total. The van der Waals surface area contributed by atoms with E-state index in [1.165, 1.54) is 54.8 Å². The molecule has 0 fully saturated rings. The lowest BCUT2D eigenvalue weighted by atomic mass is 9.94. The SMILES string of the molecule is c1ccc(-c2ccccccc(-c3ccccc3)c3cc(N(c4ccccc4)c4ccc5c(c4)c4ccccc4n5-c4ccccc4)ccc23)cc1. The Morgan fingerprint density at radius 2 is 0.750 bits per heavy atom. The minimum Gasteiger partial charge on any atom is -0.310 e. The third-order valence-electron chi connectivity index (χ3n) is 9.81. The third-order valence-corrected chi connectivity index (χ3v) is 9.81. The number of rotatable bonds is 6. The van der Waals surface area contributed by atoms with Crippen molar-refractivity contribution >= 4 is 49.6 Å². The molecule has 2 nitrogen and oxygen atoms in total.